The number of hydrogen-bond donors (Lipinski definition) is 1. The molecule has 2 aliphatic rings. The first-order chi connectivity index (χ1) is 9.54. The van der Waals surface area contributed by atoms with Crippen molar-refractivity contribution in [2.24, 2.45) is 11.8 Å². The van der Waals surface area contributed by atoms with Gasteiger partial charge in [0.05, 0.1) is 0 Å². The predicted molar refractivity (Wildman–Crippen MR) is 82.8 cm³/mol. The molecule has 0 aromatic rings. The molecule has 2 rings (SSSR count). The van der Waals surface area contributed by atoms with E-state index in [-0.39, 0.29) is 6.03 Å². The molecule has 0 bridgehead atoms. The minimum absolute atomic E-state index is 0.166. The zero-order valence-corrected chi connectivity index (χ0v) is 13.4. The maximum absolute atomic E-state index is 12.3. The third kappa shape index (κ3) is 4.65. The number of likely N-dealkylation sites (tertiary alicyclic amines) is 2. The van der Waals surface area contributed by atoms with Gasteiger partial charge in [0.15, 0.2) is 0 Å². The van der Waals surface area contributed by atoms with Gasteiger partial charge in [0.1, 0.15) is 0 Å². The van der Waals surface area contributed by atoms with Gasteiger partial charge in [0.25, 0.3) is 0 Å². The lowest BCUT2D eigenvalue weighted by Crippen LogP contribution is -2.51. The second-order valence-electron chi connectivity index (χ2n) is 7.11. The monoisotopic (exact) mass is 281 g/mol. The summed E-state index contributed by atoms with van der Waals surface area (Å²) in [6.45, 7) is 12.1. The number of carbonyl (C=O) groups is 1. The maximum Gasteiger partial charge on any atom is 0.317 e. The summed E-state index contributed by atoms with van der Waals surface area (Å²) in [4.78, 5) is 16.8. The van der Waals surface area contributed by atoms with E-state index in [1.54, 1.807) is 0 Å². The van der Waals surface area contributed by atoms with Crippen molar-refractivity contribution in [2.75, 3.05) is 32.7 Å². The van der Waals surface area contributed by atoms with Crippen molar-refractivity contribution in [3.8, 4) is 0 Å². The number of rotatable bonds is 3. The van der Waals surface area contributed by atoms with Crippen LogP contribution in [0.3, 0.4) is 0 Å². The van der Waals surface area contributed by atoms with E-state index in [2.05, 4.69) is 31.0 Å². The Hall–Kier alpha value is -0.770. The normalized spacial score (nSPS) is 26.0. The molecule has 1 N–H and O–H groups in total. The Morgan fingerprint density at radius 2 is 1.90 bits per heavy atom. The molecule has 1 unspecified atom stereocenters. The van der Waals surface area contributed by atoms with Gasteiger partial charge in [-0.05, 0) is 37.5 Å². The molecule has 0 aliphatic carbocycles. The highest BCUT2D eigenvalue weighted by atomic mass is 16.2. The molecular formula is C16H31N3O. The van der Waals surface area contributed by atoms with Gasteiger partial charge in [-0.2, -0.15) is 0 Å². The fourth-order valence-corrected chi connectivity index (χ4v) is 3.42. The van der Waals surface area contributed by atoms with E-state index in [1.807, 2.05) is 4.90 Å². The zero-order valence-electron chi connectivity index (χ0n) is 13.4. The van der Waals surface area contributed by atoms with Crippen LogP contribution in [-0.2, 0) is 0 Å². The Balaban J connectivity index is 1.70. The van der Waals surface area contributed by atoms with Crippen molar-refractivity contribution in [1.29, 1.82) is 0 Å². The molecule has 4 heteroatoms. The largest absolute Gasteiger partial charge is 0.335 e. The molecule has 2 amide bonds. The molecule has 2 aliphatic heterocycles. The molecule has 0 saturated carbocycles. The van der Waals surface area contributed by atoms with Crippen molar-refractivity contribution in [2.45, 2.75) is 52.5 Å². The van der Waals surface area contributed by atoms with Crippen LogP contribution in [0, 0.1) is 11.8 Å². The highest BCUT2D eigenvalue weighted by Gasteiger charge is 2.25. The van der Waals surface area contributed by atoms with E-state index in [1.165, 1.54) is 13.0 Å². The lowest BCUT2D eigenvalue weighted by atomic mass is 10.0. The van der Waals surface area contributed by atoms with Crippen LogP contribution >= 0.6 is 0 Å². The van der Waals surface area contributed by atoms with Crippen LogP contribution < -0.4 is 5.32 Å². The molecular weight excluding hydrogens is 250 g/mol. The summed E-state index contributed by atoms with van der Waals surface area (Å²) >= 11 is 0. The average molecular weight is 281 g/mol. The van der Waals surface area contributed by atoms with Crippen LogP contribution in [0.2, 0.25) is 0 Å². The van der Waals surface area contributed by atoms with Gasteiger partial charge in [-0.1, -0.05) is 20.8 Å². The number of nitrogens with one attached hydrogen (secondary N) is 1. The Morgan fingerprint density at radius 1 is 1.20 bits per heavy atom. The van der Waals surface area contributed by atoms with Crippen LogP contribution in [0.5, 0.6) is 0 Å². The second-order valence-corrected chi connectivity index (χ2v) is 7.11. The van der Waals surface area contributed by atoms with Crippen molar-refractivity contribution in [3.63, 3.8) is 0 Å². The lowest BCUT2D eigenvalue weighted by molar-refractivity contribution is 0.150. The summed E-state index contributed by atoms with van der Waals surface area (Å²) < 4.78 is 0. The number of nitrogens with zero attached hydrogens (tertiary/aromatic N) is 2. The molecule has 0 spiro atoms. The zero-order chi connectivity index (χ0) is 14.5. The van der Waals surface area contributed by atoms with Gasteiger partial charge >= 0.3 is 6.03 Å². The SMILES string of the molecule is CC(C)CN1CCC(NC(=O)N2CCCC(C)C2)CC1. The van der Waals surface area contributed by atoms with E-state index in [0.29, 0.717) is 12.0 Å². The van der Waals surface area contributed by atoms with E-state index in [4.69, 9.17) is 0 Å². The number of hydrogen-bond acceptors (Lipinski definition) is 2. The Bertz CT molecular complexity index is 311. The van der Waals surface area contributed by atoms with Crippen molar-refractivity contribution < 1.29 is 4.79 Å². The Labute approximate surface area is 123 Å². The number of carbonyl (C=O) groups excluding carboxylic acids is 1. The molecule has 1 atom stereocenters. The highest BCUT2D eigenvalue weighted by Crippen LogP contribution is 2.17. The molecule has 0 aromatic carbocycles. The van der Waals surface area contributed by atoms with E-state index >= 15 is 0 Å². The average Bonchev–Trinajstić information content (AvgIpc) is 2.40. The quantitative estimate of drug-likeness (QED) is 0.863. The van der Waals surface area contributed by atoms with Crippen LogP contribution in [0.15, 0.2) is 0 Å². The number of amides is 2. The Kier molecular flexibility index (Phi) is 5.70. The molecule has 2 saturated heterocycles. The third-order valence-electron chi connectivity index (χ3n) is 4.48. The minimum Gasteiger partial charge on any atom is -0.335 e. The van der Waals surface area contributed by atoms with Gasteiger partial charge in [0.2, 0.25) is 0 Å². The molecule has 2 heterocycles. The van der Waals surface area contributed by atoms with Crippen LogP contribution in [0.25, 0.3) is 0 Å². The molecule has 116 valence electrons. The summed E-state index contributed by atoms with van der Waals surface area (Å²) in [5.41, 5.74) is 0. The first-order valence-electron chi connectivity index (χ1n) is 8.32. The van der Waals surface area contributed by atoms with Crippen molar-refractivity contribution >= 4 is 6.03 Å². The third-order valence-corrected chi connectivity index (χ3v) is 4.48. The van der Waals surface area contributed by atoms with Crippen LogP contribution in [0.1, 0.15) is 46.5 Å². The number of piperidine rings is 2. The summed E-state index contributed by atoms with van der Waals surface area (Å²) in [6, 6.07) is 0.544. The van der Waals surface area contributed by atoms with Gasteiger partial charge in [-0.15, -0.1) is 0 Å². The van der Waals surface area contributed by atoms with Gasteiger partial charge in [0, 0.05) is 38.8 Å². The molecule has 0 radical (unpaired) electrons. The smallest absolute Gasteiger partial charge is 0.317 e. The van der Waals surface area contributed by atoms with Gasteiger partial charge < -0.3 is 15.1 Å². The fourth-order valence-electron chi connectivity index (χ4n) is 3.42. The summed E-state index contributed by atoms with van der Waals surface area (Å²) in [5.74, 6) is 1.39. The van der Waals surface area contributed by atoms with Crippen molar-refractivity contribution in [1.82, 2.24) is 15.1 Å². The van der Waals surface area contributed by atoms with Gasteiger partial charge in [-0.3, -0.25) is 0 Å². The molecule has 20 heavy (non-hydrogen) atoms. The second kappa shape index (κ2) is 7.30. The Morgan fingerprint density at radius 3 is 2.50 bits per heavy atom. The van der Waals surface area contributed by atoms with Gasteiger partial charge in [-0.25, -0.2) is 4.79 Å². The molecule has 4 nitrogen and oxygen atoms in total. The lowest BCUT2D eigenvalue weighted by Gasteiger charge is -2.36. The topological polar surface area (TPSA) is 35.6 Å². The van der Waals surface area contributed by atoms with E-state index in [0.717, 1.165) is 51.4 Å². The summed E-state index contributed by atoms with van der Waals surface area (Å²) in [6.07, 6.45) is 4.61. The minimum atomic E-state index is 0.166. The predicted octanol–water partition coefficient (Wildman–Crippen LogP) is 2.55. The summed E-state index contributed by atoms with van der Waals surface area (Å²) in [7, 11) is 0. The standard InChI is InChI=1S/C16H31N3O/c1-13(2)11-18-9-6-15(7-10-18)17-16(20)19-8-4-5-14(3)12-19/h13-15H,4-12H2,1-3H3,(H,17,20). The maximum atomic E-state index is 12.3. The van der Waals surface area contributed by atoms with E-state index < -0.39 is 0 Å². The highest BCUT2D eigenvalue weighted by molar-refractivity contribution is 5.74. The van der Waals surface area contributed by atoms with E-state index in [9.17, 15) is 4.79 Å². The summed E-state index contributed by atoms with van der Waals surface area (Å²) in [5, 5.41) is 3.24. The molecule has 0 aromatic heterocycles. The number of urea groups is 1. The first-order valence-corrected chi connectivity index (χ1v) is 8.32. The van der Waals surface area contributed by atoms with Crippen LogP contribution in [0.4, 0.5) is 4.79 Å². The van der Waals surface area contributed by atoms with Crippen molar-refractivity contribution in [3.05, 3.63) is 0 Å². The fraction of sp³-hybridized carbons (Fsp3) is 0.938. The van der Waals surface area contributed by atoms with Crippen LogP contribution in [-0.4, -0.2) is 54.6 Å². The first kappa shape index (κ1) is 15.6. The molecule has 2 fully saturated rings.